The van der Waals surface area contributed by atoms with Crippen molar-refractivity contribution >= 4 is 10.9 Å². The highest BCUT2D eigenvalue weighted by molar-refractivity contribution is 5.79. The molecule has 1 aliphatic rings. The third-order valence-electron chi connectivity index (χ3n) is 4.44. The molecule has 0 fully saturated rings. The number of hydrogen-bond acceptors (Lipinski definition) is 2. The molecule has 24 heavy (non-hydrogen) atoms. The standard InChI is InChI=1S/C21H18N2O/c24-21-18-13-12-17(11-10-16-7-3-1-4-8-16)15-19(18)22-20-9-5-2-6-14-23(20)21/h1,3-4,7-8,12-13,15H,2,5-6,9,14H2. The first-order chi connectivity index (χ1) is 11.8. The maximum Gasteiger partial charge on any atom is 0.261 e. The Labute approximate surface area is 141 Å². The van der Waals surface area contributed by atoms with Crippen molar-refractivity contribution < 1.29 is 0 Å². The van der Waals surface area contributed by atoms with Crippen LogP contribution in [-0.4, -0.2) is 9.55 Å². The zero-order valence-corrected chi connectivity index (χ0v) is 13.5. The van der Waals surface area contributed by atoms with Crippen LogP contribution in [0.5, 0.6) is 0 Å². The van der Waals surface area contributed by atoms with E-state index in [-0.39, 0.29) is 5.56 Å². The molecule has 3 heteroatoms. The lowest BCUT2D eigenvalue weighted by Gasteiger charge is -2.10. The lowest BCUT2D eigenvalue weighted by atomic mass is 10.1. The average Bonchev–Trinajstić information content (AvgIpc) is 2.86. The SMILES string of the molecule is O=c1c2ccc(C#Cc3ccccc3)cc2nc2n1CCCCC2. The Morgan fingerprint density at radius 2 is 1.75 bits per heavy atom. The summed E-state index contributed by atoms with van der Waals surface area (Å²) < 4.78 is 1.85. The third kappa shape index (κ3) is 2.83. The topological polar surface area (TPSA) is 34.9 Å². The van der Waals surface area contributed by atoms with Crippen molar-refractivity contribution in [2.45, 2.75) is 32.2 Å². The van der Waals surface area contributed by atoms with Gasteiger partial charge in [0.25, 0.3) is 5.56 Å². The van der Waals surface area contributed by atoms with Crippen LogP contribution in [0.15, 0.2) is 53.3 Å². The van der Waals surface area contributed by atoms with Gasteiger partial charge in [0.05, 0.1) is 10.9 Å². The van der Waals surface area contributed by atoms with Gasteiger partial charge >= 0.3 is 0 Å². The van der Waals surface area contributed by atoms with Gasteiger partial charge in [0.2, 0.25) is 0 Å². The fourth-order valence-corrected chi connectivity index (χ4v) is 3.16. The summed E-state index contributed by atoms with van der Waals surface area (Å²) >= 11 is 0. The molecule has 1 aliphatic heterocycles. The normalized spacial score (nSPS) is 13.7. The summed E-state index contributed by atoms with van der Waals surface area (Å²) in [7, 11) is 0. The molecule has 1 aromatic heterocycles. The molecule has 0 aliphatic carbocycles. The van der Waals surface area contributed by atoms with Gasteiger partial charge in [-0.05, 0) is 43.2 Å². The molecule has 0 spiro atoms. The van der Waals surface area contributed by atoms with Crippen molar-refractivity contribution in [3.8, 4) is 11.8 Å². The zero-order valence-electron chi connectivity index (χ0n) is 13.5. The predicted molar refractivity (Wildman–Crippen MR) is 96.0 cm³/mol. The monoisotopic (exact) mass is 314 g/mol. The van der Waals surface area contributed by atoms with Gasteiger partial charge in [0, 0.05) is 24.1 Å². The van der Waals surface area contributed by atoms with Crippen LogP contribution < -0.4 is 5.56 Å². The number of aryl methyl sites for hydroxylation is 1. The number of benzene rings is 2. The van der Waals surface area contributed by atoms with Crippen LogP contribution in [0.2, 0.25) is 0 Å². The fourth-order valence-electron chi connectivity index (χ4n) is 3.16. The van der Waals surface area contributed by atoms with Gasteiger partial charge in [-0.15, -0.1) is 0 Å². The molecular weight excluding hydrogens is 296 g/mol. The molecule has 3 aromatic rings. The van der Waals surface area contributed by atoms with E-state index in [4.69, 9.17) is 4.98 Å². The lowest BCUT2D eigenvalue weighted by Crippen LogP contribution is -2.24. The number of fused-ring (bicyclic) bond motifs is 2. The molecule has 4 rings (SSSR count). The Kier molecular flexibility index (Phi) is 3.88. The molecule has 3 nitrogen and oxygen atoms in total. The van der Waals surface area contributed by atoms with Crippen LogP contribution in [0.25, 0.3) is 10.9 Å². The van der Waals surface area contributed by atoms with Crippen molar-refractivity contribution in [1.29, 1.82) is 0 Å². The lowest BCUT2D eigenvalue weighted by molar-refractivity contribution is 0.614. The maximum atomic E-state index is 12.7. The summed E-state index contributed by atoms with van der Waals surface area (Å²) in [6.45, 7) is 0.784. The molecule has 0 saturated carbocycles. The van der Waals surface area contributed by atoms with Crippen molar-refractivity contribution in [1.82, 2.24) is 9.55 Å². The Hall–Kier alpha value is -2.86. The molecule has 0 atom stereocenters. The number of hydrogen-bond donors (Lipinski definition) is 0. The zero-order chi connectivity index (χ0) is 16.4. The van der Waals surface area contributed by atoms with Crippen LogP contribution in [0.1, 0.15) is 36.2 Å². The molecule has 118 valence electrons. The van der Waals surface area contributed by atoms with Crippen molar-refractivity contribution in [2.24, 2.45) is 0 Å². The highest BCUT2D eigenvalue weighted by Crippen LogP contribution is 2.16. The summed E-state index contributed by atoms with van der Waals surface area (Å²) in [5.41, 5.74) is 2.71. The second-order valence-electron chi connectivity index (χ2n) is 6.14. The summed E-state index contributed by atoms with van der Waals surface area (Å²) in [6.07, 6.45) is 4.20. The predicted octanol–water partition coefficient (Wildman–Crippen LogP) is 3.52. The molecule has 0 saturated heterocycles. The first-order valence-electron chi connectivity index (χ1n) is 8.42. The Morgan fingerprint density at radius 1 is 0.917 bits per heavy atom. The minimum absolute atomic E-state index is 0.0828. The molecule has 0 radical (unpaired) electrons. The van der Waals surface area contributed by atoms with Gasteiger partial charge in [-0.3, -0.25) is 9.36 Å². The van der Waals surface area contributed by atoms with Gasteiger partial charge in [-0.1, -0.05) is 36.5 Å². The van der Waals surface area contributed by atoms with Crippen molar-refractivity contribution in [3.63, 3.8) is 0 Å². The Morgan fingerprint density at radius 3 is 2.62 bits per heavy atom. The molecule has 2 aromatic carbocycles. The van der Waals surface area contributed by atoms with Crippen molar-refractivity contribution in [3.05, 3.63) is 75.8 Å². The highest BCUT2D eigenvalue weighted by Gasteiger charge is 2.13. The van der Waals surface area contributed by atoms with Crippen LogP contribution in [0.3, 0.4) is 0 Å². The van der Waals surface area contributed by atoms with E-state index in [1.807, 2.05) is 53.1 Å². The van der Waals surface area contributed by atoms with Crippen LogP contribution in [0, 0.1) is 11.8 Å². The summed E-state index contributed by atoms with van der Waals surface area (Å²) in [5, 5.41) is 0.686. The minimum Gasteiger partial charge on any atom is -0.296 e. The first kappa shape index (κ1) is 14.7. The molecule has 0 unspecified atom stereocenters. The van der Waals surface area contributed by atoms with Gasteiger partial charge in [-0.2, -0.15) is 0 Å². The van der Waals surface area contributed by atoms with Gasteiger partial charge < -0.3 is 0 Å². The first-order valence-corrected chi connectivity index (χ1v) is 8.42. The van der Waals surface area contributed by atoms with E-state index in [1.54, 1.807) is 0 Å². The second kappa shape index (κ2) is 6.33. The number of aromatic nitrogens is 2. The highest BCUT2D eigenvalue weighted by atomic mass is 16.1. The molecule has 0 bridgehead atoms. The molecule has 0 amide bonds. The average molecular weight is 314 g/mol. The van der Waals surface area contributed by atoms with E-state index in [0.717, 1.165) is 54.7 Å². The van der Waals surface area contributed by atoms with E-state index in [1.165, 1.54) is 0 Å². The maximum absolute atomic E-state index is 12.7. The Balaban J connectivity index is 1.79. The summed E-state index contributed by atoms with van der Waals surface area (Å²) in [4.78, 5) is 17.5. The van der Waals surface area contributed by atoms with Gasteiger partial charge in [0.1, 0.15) is 5.82 Å². The molecule has 2 heterocycles. The minimum atomic E-state index is 0.0828. The number of nitrogens with zero attached hydrogens (tertiary/aromatic N) is 2. The van der Waals surface area contributed by atoms with E-state index < -0.39 is 0 Å². The third-order valence-corrected chi connectivity index (χ3v) is 4.44. The van der Waals surface area contributed by atoms with E-state index in [9.17, 15) is 4.79 Å². The van der Waals surface area contributed by atoms with Crippen LogP contribution in [0.4, 0.5) is 0 Å². The smallest absolute Gasteiger partial charge is 0.261 e. The quantitative estimate of drug-likeness (QED) is 0.595. The largest absolute Gasteiger partial charge is 0.296 e. The second-order valence-corrected chi connectivity index (χ2v) is 6.14. The Bertz CT molecular complexity index is 1010. The van der Waals surface area contributed by atoms with Crippen LogP contribution in [-0.2, 0) is 13.0 Å². The molecular formula is C21H18N2O. The fraction of sp³-hybridized carbons (Fsp3) is 0.238. The number of rotatable bonds is 0. The molecule has 0 N–H and O–H groups in total. The summed E-state index contributed by atoms with van der Waals surface area (Å²) in [5.74, 6) is 7.23. The van der Waals surface area contributed by atoms with Gasteiger partial charge in [-0.25, -0.2) is 4.98 Å². The van der Waals surface area contributed by atoms with E-state index in [2.05, 4.69) is 11.8 Å². The van der Waals surface area contributed by atoms with E-state index >= 15 is 0 Å². The van der Waals surface area contributed by atoms with Crippen LogP contribution >= 0.6 is 0 Å². The van der Waals surface area contributed by atoms with E-state index in [0.29, 0.717) is 5.39 Å². The van der Waals surface area contributed by atoms with Crippen molar-refractivity contribution in [2.75, 3.05) is 0 Å². The summed E-state index contributed by atoms with van der Waals surface area (Å²) in [6, 6.07) is 15.6. The van der Waals surface area contributed by atoms with Gasteiger partial charge in [0.15, 0.2) is 0 Å².